The van der Waals surface area contributed by atoms with Crippen molar-refractivity contribution in [3.63, 3.8) is 0 Å². The van der Waals surface area contributed by atoms with Crippen molar-refractivity contribution >= 4 is 11.6 Å². The van der Waals surface area contributed by atoms with Gasteiger partial charge in [-0.05, 0) is 48.7 Å². The molecule has 0 unspecified atom stereocenters. The molecule has 1 aliphatic rings. The van der Waals surface area contributed by atoms with Gasteiger partial charge in [0.25, 0.3) is 0 Å². The number of aryl methyl sites for hydroxylation is 1. The molecule has 5 heteroatoms. The number of carbonyl (C=O) groups excluding carboxylic acids is 2. The molecule has 4 rings (SSSR count). The van der Waals surface area contributed by atoms with Crippen LogP contribution in [0.4, 0.5) is 0 Å². The first-order valence-corrected chi connectivity index (χ1v) is 9.55. The molecule has 0 bridgehead atoms. The van der Waals surface area contributed by atoms with Crippen LogP contribution in [-0.2, 0) is 6.42 Å². The summed E-state index contributed by atoms with van der Waals surface area (Å²) in [5.74, 6) is -1.06. The van der Waals surface area contributed by atoms with Gasteiger partial charge < -0.3 is 14.9 Å². The molecule has 29 heavy (non-hydrogen) atoms. The number of benzene rings is 3. The van der Waals surface area contributed by atoms with Crippen LogP contribution in [0.2, 0.25) is 0 Å². The van der Waals surface area contributed by atoms with Crippen LogP contribution in [0.25, 0.3) is 0 Å². The summed E-state index contributed by atoms with van der Waals surface area (Å²) in [6, 6.07) is 14.8. The van der Waals surface area contributed by atoms with Gasteiger partial charge in [0.1, 0.15) is 11.5 Å². The molecule has 3 aromatic carbocycles. The minimum Gasteiger partial charge on any atom is -0.507 e. The van der Waals surface area contributed by atoms with Crippen molar-refractivity contribution in [1.82, 2.24) is 0 Å². The maximum Gasteiger partial charge on any atom is 0.198 e. The average molecular weight is 388 g/mol. The smallest absolute Gasteiger partial charge is 0.198 e. The van der Waals surface area contributed by atoms with E-state index in [0.29, 0.717) is 5.75 Å². The Hall–Kier alpha value is -3.60. The molecule has 0 aromatic heterocycles. The number of aromatic hydroxyl groups is 2. The molecule has 0 heterocycles. The summed E-state index contributed by atoms with van der Waals surface area (Å²) in [5, 5.41) is 20.7. The van der Waals surface area contributed by atoms with Gasteiger partial charge in [-0.2, -0.15) is 0 Å². The lowest BCUT2D eigenvalue weighted by Gasteiger charge is -2.20. The highest BCUT2D eigenvalue weighted by molar-refractivity contribution is 6.30. The molecule has 2 N–H and O–H groups in total. The van der Waals surface area contributed by atoms with Gasteiger partial charge in [-0.1, -0.05) is 37.6 Å². The fourth-order valence-electron chi connectivity index (χ4n) is 3.54. The molecular formula is C24H20O5. The van der Waals surface area contributed by atoms with Crippen LogP contribution < -0.4 is 4.74 Å². The molecule has 0 atom stereocenters. The maximum absolute atomic E-state index is 12.9. The lowest BCUT2D eigenvalue weighted by Crippen LogP contribution is -2.21. The van der Waals surface area contributed by atoms with E-state index in [0.717, 1.165) is 19.3 Å². The Balaban J connectivity index is 1.68. The number of fused-ring (bicyclic) bond motifs is 2. The highest BCUT2D eigenvalue weighted by Crippen LogP contribution is 2.41. The second kappa shape index (κ2) is 7.43. The minimum atomic E-state index is -0.525. The summed E-state index contributed by atoms with van der Waals surface area (Å²) in [6.45, 7) is 2.14. The summed E-state index contributed by atoms with van der Waals surface area (Å²) in [6.07, 6.45) is 3.22. The predicted molar refractivity (Wildman–Crippen MR) is 108 cm³/mol. The van der Waals surface area contributed by atoms with Gasteiger partial charge in [0.2, 0.25) is 0 Å². The molecule has 3 aromatic rings. The minimum absolute atomic E-state index is 0.0410. The number of ketones is 2. The van der Waals surface area contributed by atoms with Crippen LogP contribution in [0.3, 0.4) is 0 Å². The molecule has 1 aliphatic carbocycles. The lowest BCUT2D eigenvalue weighted by atomic mass is 9.83. The monoisotopic (exact) mass is 388 g/mol. The third-order valence-corrected chi connectivity index (χ3v) is 5.10. The molecule has 0 saturated carbocycles. The van der Waals surface area contributed by atoms with Crippen LogP contribution in [0.15, 0.2) is 54.6 Å². The van der Waals surface area contributed by atoms with E-state index in [2.05, 4.69) is 6.92 Å². The lowest BCUT2D eigenvalue weighted by molar-refractivity contribution is 0.0974. The first kappa shape index (κ1) is 18.7. The van der Waals surface area contributed by atoms with Crippen molar-refractivity contribution in [3.8, 4) is 23.0 Å². The molecular weight excluding hydrogens is 368 g/mol. The predicted octanol–water partition coefficient (Wildman–Crippen LogP) is 5.01. The van der Waals surface area contributed by atoms with Crippen molar-refractivity contribution in [2.75, 3.05) is 0 Å². The number of ether oxygens (including phenoxy) is 1. The summed E-state index contributed by atoms with van der Waals surface area (Å²) in [5.41, 5.74) is 1.16. The SMILES string of the molecule is CCCCc1ccc(Oc2ccc3c(c2O)C(=O)c2cccc(O)c2C3=O)cc1. The fraction of sp³-hybridized carbons (Fsp3) is 0.167. The van der Waals surface area contributed by atoms with Crippen LogP contribution in [-0.4, -0.2) is 21.8 Å². The highest BCUT2D eigenvalue weighted by atomic mass is 16.5. The summed E-state index contributed by atoms with van der Waals surface area (Å²) in [4.78, 5) is 25.7. The third-order valence-electron chi connectivity index (χ3n) is 5.10. The zero-order valence-electron chi connectivity index (χ0n) is 15.9. The van der Waals surface area contributed by atoms with Gasteiger partial charge >= 0.3 is 0 Å². The van der Waals surface area contributed by atoms with Gasteiger partial charge in [0.05, 0.1) is 11.1 Å². The summed E-state index contributed by atoms with van der Waals surface area (Å²) in [7, 11) is 0. The van der Waals surface area contributed by atoms with Crippen molar-refractivity contribution in [2.45, 2.75) is 26.2 Å². The zero-order chi connectivity index (χ0) is 20.5. The zero-order valence-corrected chi connectivity index (χ0v) is 15.9. The Morgan fingerprint density at radius 1 is 0.828 bits per heavy atom. The average Bonchev–Trinajstić information content (AvgIpc) is 2.72. The Morgan fingerprint density at radius 2 is 1.52 bits per heavy atom. The van der Waals surface area contributed by atoms with Crippen molar-refractivity contribution < 1.29 is 24.5 Å². The van der Waals surface area contributed by atoms with E-state index < -0.39 is 11.6 Å². The quantitative estimate of drug-likeness (QED) is 0.502. The van der Waals surface area contributed by atoms with Crippen LogP contribution >= 0.6 is 0 Å². The maximum atomic E-state index is 12.9. The van der Waals surface area contributed by atoms with Crippen LogP contribution in [0.5, 0.6) is 23.0 Å². The van der Waals surface area contributed by atoms with E-state index in [1.807, 2.05) is 24.3 Å². The first-order valence-electron chi connectivity index (χ1n) is 9.55. The molecule has 146 valence electrons. The van der Waals surface area contributed by atoms with E-state index in [1.54, 1.807) is 0 Å². The number of rotatable bonds is 5. The Labute approximate surface area is 168 Å². The van der Waals surface area contributed by atoms with Crippen LogP contribution in [0.1, 0.15) is 57.2 Å². The fourth-order valence-corrected chi connectivity index (χ4v) is 3.54. The molecule has 0 fully saturated rings. The normalized spacial score (nSPS) is 12.4. The molecule has 0 spiro atoms. The standard InChI is InChI=1S/C24H20O5/c1-2-3-5-14-8-10-15(11-9-14)29-19-13-12-17-21(24(19)28)23(27)16-6-4-7-18(25)20(16)22(17)26/h4,6-13,25,28H,2-3,5H2,1H3. The van der Waals surface area contributed by atoms with Gasteiger partial charge in [-0.25, -0.2) is 0 Å². The Kier molecular flexibility index (Phi) is 4.80. The Morgan fingerprint density at radius 3 is 2.24 bits per heavy atom. The number of hydrogen-bond donors (Lipinski definition) is 2. The second-order valence-corrected chi connectivity index (χ2v) is 7.04. The van der Waals surface area contributed by atoms with Crippen molar-refractivity contribution in [1.29, 1.82) is 0 Å². The summed E-state index contributed by atoms with van der Waals surface area (Å²) < 4.78 is 5.77. The van der Waals surface area contributed by atoms with E-state index >= 15 is 0 Å². The topological polar surface area (TPSA) is 83.8 Å². The molecule has 5 nitrogen and oxygen atoms in total. The van der Waals surface area contributed by atoms with E-state index in [4.69, 9.17) is 4.74 Å². The molecule has 0 amide bonds. The van der Waals surface area contributed by atoms with E-state index in [-0.39, 0.29) is 39.5 Å². The van der Waals surface area contributed by atoms with Gasteiger partial charge in [0.15, 0.2) is 23.1 Å². The molecule has 0 saturated heterocycles. The number of carbonyl (C=O) groups is 2. The van der Waals surface area contributed by atoms with Gasteiger partial charge in [-0.3, -0.25) is 9.59 Å². The Bertz CT molecular complexity index is 1110. The van der Waals surface area contributed by atoms with Crippen LogP contribution in [0, 0.1) is 0 Å². The van der Waals surface area contributed by atoms with Gasteiger partial charge in [-0.15, -0.1) is 0 Å². The number of unbranched alkanes of at least 4 members (excludes halogenated alkanes) is 1. The number of phenols is 2. The van der Waals surface area contributed by atoms with Crippen molar-refractivity contribution in [2.24, 2.45) is 0 Å². The second-order valence-electron chi connectivity index (χ2n) is 7.04. The van der Waals surface area contributed by atoms with Crippen molar-refractivity contribution in [3.05, 3.63) is 82.4 Å². The van der Waals surface area contributed by atoms with E-state index in [9.17, 15) is 19.8 Å². The third kappa shape index (κ3) is 3.25. The first-order chi connectivity index (χ1) is 14.0. The molecule has 0 aliphatic heterocycles. The van der Waals surface area contributed by atoms with Gasteiger partial charge in [0, 0.05) is 11.1 Å². The van der Waals surface area contributed by atoms with E-state index in [1.165, 1.54) is 35.9 Å². The summed E-state index contributed by atoms with van der Waals surface area (Å²) >= 11 is 0. The number of phenolic OH excluding ortho intramolecular Hbond substituents is 2. The largest absolute Gasteiger partial charge is 0.507 e. The number of hydrogen-bond acceptors (Lipinski definition) is 5. The molecule has 0 radical (unpaired) electrons. The highest BCUT2D eigenvalue weighted by Gasteiger charge is 2.35.